The number of hydrogen-bond donors (Lipinski definition) is 0. The summed E-state index contributed by atoms with van der Waals surface area (Å²) in [5.41, 5.74) is 0.222. The maximum atomic E-state index is 6.31. The van der Waals surface area contributed by atoms with Crippen LogP contribution in [0.4, 0.5) is 0 Å². The molecule has 0 spiro atoms. The molecule has 0 heterocycles. The number of hydrogen-bond acceptors (Lipinski definition) is 0. The van der Waals surface area contributed by atoms with Crippen LogP contribution < -0.4 is 0 Å². The van der Waals surface area contributed by atoms with Crippen molar-refractivity contribution in [3.63, 3.8) is 0 Å². The molecule has 1 rings (SSSR count). The van der Waals surface area contributed by atoms with Crippen molar-refractivity contribution in [2.45, 2.75) is 50.8 Å². The smallest absolute Gasteiger partial charge is 0.0447 e. The molecule has 72 valence electrons. The summed E-state index contributed by atoms with van der Waals surface area (Å²) < 4.78 is 0. The maximum absolute atomic E-state index is 6.31. The molecule has 0 nitrogen and oxygen atoms in total. The molecular formula is C10H18Cl2. The van der Waals surface area contributed by atoms with Gasteiger partial charge in [-0.1, -0.05) is 6.92 Å². The van der Waals surface area contributed by atoms with Crippen LogP contribution in [0.1, 0.15) is 41.0 Å². The zero-order chi connectivity index (χ0) is 9.78. The van der Waals surface area contributed by atoms with E-state index in [1.807, 2.05) is 0 Å². The fraction of sp³-hybridized carbons (Fsp3) is 1.00. The molecule has 12 heavy (non-hydrogen) atoms. The van der Waals surface area contributed by atoms with Gasteiger partial charge in [0.15, 0.2) is 0 Å². The summed E-state index contributed by atoms with van der Waals surface area (Å²) in [6, 6.07) is 0. The molecule has 0 aromatic carbocycles. The fourth-order valence-electron chi connectivity index (χ4n) is 2.02. The van der Waals surface area contributed by atoms with E-state index in [1.54, 1.807) is 0 Å². The summed E-state index contributed by atoms with van der Waals surface area (Å²) in [6.45, 7) is 10.5. The predicted octanol–water partition coefficient (Wildman–Crippen LogP) is 4.05. The first-order valence-electron chi connectivity index (χ1n) is 4.47. The Morgan fingerprint density at radius 2 is 1.58 bits per heavy atom. The van der Waals surface area contributed by atoms with E-state index in [-0.39, 0.29) is 15.2 Å². The van der Waals surface area contributed by atoms with Gasteiger partial charge in [-0.15, -0.1) is 23.2 Å². The third kappa shape index (κ3) is 1.61. The van der Waals surface area contributed by atoms with Gasteiger partial charge in [-0.25, -0.2) is 0 Å². The number of alkyl halides is 2. The van der Waals surface area contributed by atoms with Crippen LogP contribution in [0.3, 0.4) is 0 Å². The SMILES string of the molecule is CC(C)(Cl)C1CC1(C)C(C)(C)Cl. The lowest BCUT2D eigenvalue weighted by molar-refractivity contribution is 0.359. The van der Waals surface area contributed by atoms with E-state index in [1.165, 1.54) is 0 Å². The largest absolute Gasteiger partial charge is 0.120 e. The summed E-state index contributed by atoms with van der Waals surface area (Å²) in [5, 5.41) is 0. The van der Waals surface area contributed by atoms with Gasteiger partial charge < -0.3 is 0 Å². The first-order valence-corrected chi connectivity index (χ1v) is 5.22. The molecule has 1 aliphatic rings. The summed E-state index contributed by atoms with van der Waals surface area (Å²) in [7, 11) is 0. The second-order valence-corrected chi connectivity index (χ2v) is 7.13. The van der Waals surface area contributed by atoms with E-state index in [4.69, 9.17) is 23.2 Å². The lowest BCUT2D eigenvalue weighted by atomic mass is 9.87. The highest BCUT2D eigenvalue weighted by molar-refractivity contribution is 6.25. The lowest BCUT2D eigenvalue weighted by Gasteiger charge is -2.29. The Kier molecular flexibility index (Phi) is 2.26. The highest BCUT2D eigenvalue weighted by Gasteiger charge is 2.63. The third-order valence-electron chi connectivity index (χ3n) is 3.42. The zero-order valence-electron chi connectivity index (χ0n) is 8.54. The summed E-state index contributed by atoms with van der Waals surface area (Å²) in [5.74, 6) is 0.555. The van der Waals surface area contributed by atoms with E-state index in [2.05, 4.69) is 34.6 Å². The first kappa shape index (κ1) is 10.7. The third-order valence-corrected chi connectivity index (χ3v) is 4.12. The topological polar surface area (TPSA) is 0 Å². The monoisotopic (exact) mass is 208 g/mol. The molecule has 2 heteroatoms. The molecule has 0 aromatic rings. The lowest BCUT2D eigenvalue weighted by Crippen LogP contribution is -2.30. The van der Waals surface area contributed by atoms with Crippen LogP contribution in [-0.2, 0) is 0 Å². The van der Waals surface area contributed by atoms with Crippen molar-refractivity contribution >= 4 is 23.2 Å². The van der Waals surface area contributed by atoms with Crippen molar-refractivity contribution in [2.24, 2.45) is 11.3 Å². The standard InChI is InChI=1S/C10H18Cl2/c1-8(2,11)7-6-10(7,5)9(3,4)12/h7H,6H2,1-5H3. The Morgan fingerprint density at radius 3 is 1.67 bits per heavy atom. The summed E-state index contributed by atoms with van der Waals surface area (Å²) >= 11 is 12.6. The van der Waals surface area contributed by atoms with Gasteiger partial charge in [0.25, 0.3) is 0 Å². The molecule has 1 saturated carbocycles. The van der Waals surface area contributed by atoms with E-state index in [0.29, 0.717) is 5.92 Å². The molecule has 0 amide bonds. The van der Waals surface area contributed by atoms with Gasteiger partial charge in [0.2, 0.25) is 0 Å². The average molecular weight is 209 g/mol. The second-order valence-electron chi connectivity index (χ2n) is 5.21. The van der Waals surface area contributed by atoms with Crippen molar-refractivity contribution in [2.75, 3.05) is 0 Å². The van der Waals surface area contributed by atoms with Gasteiger partial charge in [0.1, 0.15) is 0 Å². The molecule has 0 radical (unpaired) electrons. The average Bonchev–Trinajstić information content (AvgIpc) is 2.38. The van der Waals surface area contributed by atoms with Crippen LogP contribution >= 0.6 is 23.2 Å². The van der Waals surface area contributed by atoms with Crippen molar-refractivity contribution in [1.29, 1.82) is 0 Å². The molecule has 0 N–H and O–H groups in total. The molecule has 1 aliphatic carbocycles. The quantitative estimate of drug-likeness (QED) is 0.602. The van der Waals surface area contributed by atoms with E-state index in [9.17, 15) is 0 Å². The Balaban J connectivity index is 2.73. The molecule has 2 unspecified atom stereocenters. The van der Waals surface area contributed by atoms with Crippen LogP contribution in [0, 0.1) is 11.3 Å². The van der Waals surface area contributed by atoms with Gasteiger partial charge >= 0.3 is 0 Å². The minimum atomic E-state index is -0.135. The molecular weight excluding hydrogens is 191 g/mol. The van der Waals surface area contributed by atoms with E-state index in [0.717, 1.165) is 6.42 Å². The van der Waals surface area contributed by atoms with Crippen molar-refractivity contribution in [1.82, 2.24) is 0 Å². The molecule has 0 aliphatic heterocycles. The number of rotatable bonds is 2. The first-order chi connectivity index (χ1) is 5.09. The minimum absolute atomic E-state index is 0.110. The molecule has 0 saturated heterocycles. The highest BCUT2D eigenvalue weighted by atomic mass is 35.5. The fourth-order valence-corrected chi connectivity index (χ4v) is 2.55. The second kappa shape index (κ2) is 2.54. The van der Waals surface area contributed by atoms with Crippen LogP contribution in [-0.4, -0.2) is 9.75 Å². The highest BCUT2D eigenvalue weighted by Crippen LogP contribution is 2.66. The molecule has 0 bridgehead atoms. The van der Waals surface area contributed by atoms with Gasteiger partial charge in [-0.2, -0.15) is 0 Å². The Hall–Kier alpha value is 0.580. The Morgan fingerprint density at radius 1 is 1.17 bits per heavy atom. The molecule has 1 fully saturated rings. The van der Waals surface area contributed by atoms with Gasteiger partial charge in [-0.3, -0.25) is 0 Å². The summed E-state index contributed by atoms with van der Waals surface area (Å²) in [6.07, 6.45) is 1.15. The summed E-state index contributed by atoms with van der Waals surface area (Å²) in [4.78, 5) is -0.245. The maximum Gasteiger partial charge on any atom is 0.0447 e. The van der Waals surface area contributed by atoms with Crippen molar-refractivity contribution < 1.29 is 0 Å². The number of halogens is 2. The van der Waals surface area contributed by atoms with Crippen LogP contribution in [0.25, 0.3) is 0 Å². The van der Waals surface area contributed by atoms with E-state index >= 15 is 0 Å². The zero-order valence-corrected chi connectivity index (χ0v) is 10.1. The predicted molar refractivity (Wildman–Crippen MR) is 56.1 cm³/mol. The van der Waals surface area contributed by atoms with Crippen LogP contribution in [0.2, 0.25) is 0 Å². The normalized spacial score (nSPS) is 36.8. The van der Waals surface area contributed by atoms with Crippen LogP contribution in [0.15, 0.2) is 0 Å². The van der Waals surface area contributed by atoms with Gasteiger partial charge in [0.05, 0.1) is 0 Å². The van der Waals surface area contributed by atoms with E-state index < -0.39 is 0 Å². The van der Waals surface area contributed by atoms with Crippen molar-refractivity contribution in [3.05, 3.63) is 0 Å². The Bertz CT molecular complexity index is 185. The minimum Gasteiger partial charge on any atom is -0.120 e. The van der Waals surface area contributed by atoms with Gasteiger partial charge in [-0.05, 0) is 45.4 Å². The molecule has 0 aromatic heterocycles. The molecule has 2 atom stereocenters. The van der Waals surface area contributed by atoms with Gasteiger partial charge in [0, 0.05) is 9.75 Å². The van der Waals surface area contributed by atoms with Crippen molar-refractivity contribution in [3.8, 4) is 0 Å². The Labute approximate surface area is 85.6 Å². The van der Waals surface area contributed by atoms with Crippen LogP contribution in [0.5, 0.6) is 0 Å².